The Morgan fingerprint density at radius 2 is 1.97 bits per heavy atom. The number of piperazine rings is 1. The highest BCUT2D eigenvalue weighted by Crippen LogP contribution is 2.29. The summed E-state index contributed by atoms with van der Waals surface area (Å²) < 4.78 is 5.11. The summed E-state index contributed by atoms with van der Waals surface area (Å²) in [6.07, 6.45) is 2.82. The number of unbranched alkanes of at least 4 members (excludes halogenated alkanes) is 1. The third kappa shape index (κ3) is 8.06. The number of aliphatic imine (C=N–C) groups is 2. The first-order valence-corrected chi connectivity index (χ1v) is 13.5. The third-order valence-electron chi connectivity index (χ3n) is 6.44. The van der Waals surface area contributed by atoms with Gasteiger partial charge >= 0.3 is 0 Å². The second-order valence-corrected chi connectivity index (χ2v) is 10.3. The van der Waals surface area contributed by atoms with Gasteiger partial charge in [0.2, 0.25) is 0 Å². The number of carbonyl (C=O) groups is 1. The minimum absolute atomic E-state index is 0.0192. The van der Waals surface area contributed by atoms with Crippen molar-refractivity contribution in [2.75, 3.05) is 72.0 Å². The predicted octanol–water partition coefficient (Wildman–Crippen LogP) is 2.36. The fourth-order valence-electron chi connectivity index (χ4n) is 4.18. The van der Waals surface area contributed by atoms with Gasteiger partial charge in [-0.25, -0.2) is 4.99 Å². The van der Waals surface area contributed by atoms with Crippen molar-refractivity contribution >= 4 is 33.4 Å². The lowest BCUT2D eigenvalue weighted by Crippen LogP contribution is -2.44. The number of nitrogens with two attached hydrogens (primary N) is 1. The largest absolute Gasteiger partial charge is 0.385 e. The molecule has 1 atom stereocenters. The lowest BCUT2D eigenvalue weighted by Gasteiger charge is -2.32. The summed E-state index contributed by atoms with van der Waals surface area (Å²) in [6, 6.07) is 10.1. The molecule has 0 bridgehead atoms. The van der Waals surface area contributed by atoms with Crippen molar-refractivity contribution in [2.45, 2.75) is 32.2 Å². The van der Waals surface area contributed by atoms with Crippen LogP contribution in [0.3, 0.4) is 0 Å². The zero-order valence-corrected chi connectivity index (χ0v) is 22.9. The van der Waals surface area contributed by atoms with Crippen molar-refractivity contribution < 1.29 is 9.53 Å². The Hall–Kier alpha value is -2.40. The number of hydrogen-bond donors (Lipinski definition) is 2. The smallest absolute Gasteiger partial charge is 0.277 e. The molecule has 1 aromatic carbocycles. The van der Waals surface area contributed by atoms with E-state index in [1.807, 2.05) is 37.3 Å². The summed E-state index contributed by atoms with van der Waals surface area (Å²) >= 11 is 1.26. The molecule has 2 heterocycles. The topological polar surface area (TPSA) is 98.8 Å². The van der Waals surface area contributed by atoms with E-state index in [1.54, 1.807) is 14.2 Å². The maximum atomic E-state index is 12.8. The van der Waals surface area contributed by atoms with E-state index in [2.05, 4.69) is 37.0 Å². The number of hydrogen-bond acceptors (Lipinski definition) is 9. The van der Waals surface area contributed by atoms with Crippen LogP contribution < -0.4 is 16.0 Å². The van der Waals surface area contributed by atoms with Gasteiger partial charge in [-0.15, -0.1) is 0 Å². The van der Waals surface area contributed by atoms with Crippen molar-refractivity contribution in [3.8, 4) is 0 Å². The molecule has 0 saturated carbocycles. The first kappa shape index (κ1) is 28.2. The molecule has 0 aromatic heterocycles. The third-order valence-corrected chi connectivity index (χ3v) is 7.48. The van der Waals surface area contributed by atoms with E-state index in [1.165, 1.54) is 11.8 Å². The average Bonchev–Trinajstić information content (AvgIpc) is 3.33. The Balaban J connectivity index is 1.72. The summed E-state index contributed by atoms with van der Waals surface area (Å²) in [5, 5.41) is 4.00. The van der Waals surface area contributed by atoms with E-state index in [-0.39, 0.29) is 11.9 Å². The van der Waals surface area contributed by atoms with Crippen molar-refractivity contribution in [3.05, 3.63) is 41.8 Å². The number of para-hydroxylation sites is 1. The number of anilines is 1. The average molecular weight is 516 g/mol. The first-order chi connectivity index (χ1) is 17.4. The van der Waals surface area contributed by atoms with Crippen LogP contribution >= 0.6 is 11.8 Å². The lowest BCUT2D eigenvalue weighted by molar-refractivity contribution is -0.115. The Morgan fingerprint density at radius 3 is 2.64 bits per heavy atom. The standard InChI is InChI=1S/C26H41N7O2S/c1-20(12-19-35-4)29-24(34)26-30-22(25(28-2)36-26)23(27)33(21-10-6-5-7-11-21)14-9-8-13-32-17-15-31(3)16-18-32/h5-7,10-11,20H,8-9,12-19,27H2,1-4H3,(H,29,34)/b23-22-,28-25+. The van der Waals surface area contributed by atoms with E-state index in [9.17, 15) is 4.79 Å². The molecule has 9 nitrogen and oxygen atoms in total. The molecule has 1 saturated heterocycles. The highest BCUT2D eigenvalue weighted by molar-refractivity contribution is 8.29. The monoisotopic (exact) mass is 515 g/mol. The Labute approximate surface area is 219 Å². The summed E-state index contributed by atoms with van der Waals surface area (Å²) in [7, 11) is 5.54. The fourth-order valence-corrected chi connectivity index (χ4v) is 4.99. The molecule has 3 N–H and O–H groups in total. The number of carbonyl (C=O) groups excluding carboxylic acids is 1. The van der Waals surface area contributed by atoms with Gasteiger partial charge in [-0.2, -0.15) is 0 Å². The summed E-state index contributed by atoms with van der Waals surface area (Å²) in [6.45, 7) is 8.91. The molecular formula is C26H41N7O2S. The minimum atomic E-state index is -0.217. The van der Waals surface area contributed by atoms with Crippen LogP contribution in [0.5, 0.6) is 0 Å². The second-order valence-electron chi connectivity index (χ2n) is 9.28. The molecule has 0 spiro atoms. The van der Waals surface area contributed by atoms with Gasteiger partial charge in [0, 0.05) is 65.2 Å². The van der Waals surface area contributed by atoms with Crippen LogP contribution in [-0.2, 0) is 9.53 Å². The van der Waals surface area contributed by atoms with Gasteiger partial charge in [0.05, 0.1) is 0 Å². The molecule has 1 aromatic rings. The van der Waals surface area contributed by atoms with Crippen LogP contribution in [0.25, 0.3) is 0 Å². The number of methoxy groups -OCH3 is 1. The van der Waals surface area contributed by atoms with Crippen LogP contribution in [0.1, 0.15) is 26.2 Å². The number of likely N-dealkylation sites (N-methyl/N-ethyl adjacent to an activating group) is 1. The summed E-state index contributed by atoms with van der Waals surface area (Å²) in [5.74, 6) is 0.301. The number of thioether (sulfide) groups is 1. The highest BCUT2D eigenvalue weighted by atomic mass is 32.2. The van der Waals surface area contributed by atoms with E-state index in [0.717, 1.165) is 64.2 Å². The molecule has 3 rings (SSSR count). The summed E-state index contributed by atoms with van der Waals surface area (Å²) in [4.78, 5) is 28.8. The number of rotatable bonds is 12. The van der Waals surface area contributed by atoms with Gasteiger partial charge in [0.25, 0.3) is 5.91 Å². The van der Waals surface area contributed by atoms with Crippen LogP contribution in [0.2, 0.25) is 0 Å². The van der Waals surface area contributed by atoms with Crippen molar-refractivity contribution in [1.82, 2.24) is 15.1 Å². The summed E-state index contributed by atoms with van der Waals surface area (Å²) in [5.41, 5.74) is 8.29. The molecule has 0 aliphatic carbocycles. The Kier molecular flexibility index (Phi) is 11.2. The van der Waals surface area contributed by atoms with Gasteiger partial charge in [-0.05, 0) is 63.7 Å². The lowest BCUT2D eigenvalue weighted by atomic mass is 10.2. The SMILES string of the molecule is C/N=C1/SC(C(=O)NC(C)CCOC)=N/C1=C(/N)N(CCCCN1CCN(C)CC1)c1ccccc1. The maximum absolute atomic E-state index is 12.8. The Bertz CT molecular complexity index is 943. The van der Waals surface area contributed by atoms with Crippen molar-refractivity contribution in [2.24, 2.45) is 15.7 Å². The minimum Gasteiger partial charge on any atom is -0.385 e. The van der Waals surface area contributed by atoms with Crippen LogP contribution in [0.15, 0.2) is 51.8 Å². The Morgan fingerprint density at radius 1 is 1.25 bits per heavy atom. The van der Waals surface area contributed by atoms with Crippen LogP contribution in [0, 0.1) is 0 Å². The molecule has 198 valence electrons. The van der Waals surface area contributed by atoms with Gasteiger partial charge in [0.15, 0.2) is 5.04 Å². The molecule has 1 unspecified atom stereocenters. The van der Waals surface area contributed by atoms with Crippen molar-refractivity contribution in [3.63, 3.8) is 0 Å². The van der Waals surface area contributed by atoms with Gasteiger partial charge in [-0.1, -0.05) is 18.2 Å². The fraction of sp³-hybridized carbons (Fsp3) is 0.577. The molecule has 2 aliphatic heterocycles. The molecular weight excluding hydrogens is 474 g/mol. The predicted molar refractivity (Wildman–Crippen MR) is 151 cm³/mol. The van der Waals surface area contributed by atoms with Gasteiger partial charge < -0.3 is 30.5 Å². The zero-order valence-electron chi connectivity index (χ0n) is 22.1. The van der Waals surface area contributed by atoms with Gasteiger partial charge in [-0.3, -0.25) is 9.79 Å². The molecule has 2 aliphatic rings. The molecule has 36 heavy (non-hydrogen) atoms. The highest BCUT2D eigenvalue weighted by Gasteiger charge is 2.29. The zero-order chi connectivity index (χ0) is 25.9. The van der Waals surface area contributed by atoms with Crippen molar-refractivity contribution in [1.29, 1.82) is 0 Å². The normalized spacial score (nSPS) is 20.3. The first-order valence-electron chi connectivity index (χ1n) is 12.7. The van der Waals surface area contributed by atoms with E-state index in [4.69, 9.17) is 10.5 Å². The number of amides is 1. The number of nitrogens with zero attached hydrogens (tertiary/aromatic N) is 5. The number of nitrogens with one attached hydrogen (secondary N) is 1. The van der Waals surface area contributed by atoms with E-state index in [0.29, 0.717) is 28.2 Å². The van der Waals surface area contributed by atoms with E-state index >= 15 is 0 Å². The second kappa shape index (κ2) is 14.4. The molecule has 1 amide bonds. The molecule has 0 radical (unpaired) electrons. The van der Waals surface area contributed by atoms with Crippen LogP contribution in [-0.4, -0.2) is 98.9 Å². The van der Waals surface area contributed by atoms with Crippen LogP contribution in [0.4, 0.5) is 5.69 Å². The number of benzene rings is 1. The van der Waals surface area contributed by atoms with E-state index < -0.39 is 0 Å². The quantitative estimate of drug-likeness (QED) is 0.412. The molecule has 1 fully saturated rings. The molecule has 10 heteroatoms. The maximum Gasteiger partial charge on any atom is 0.277 e. The number of ether oxygens (including phenoxy) is 1. The van der Waals surface area contributed by atoms with Gasteiger partial charge in [0.1, 0.15) is 16.6 Å².